The van der Waals surface area contributed by atoms with Gasteiger partial charge in [0.25, 0.3) is 0 Å². The normalized spacial score (nSPS) is 28.7. The van der Waals surface area contributed by atoms with Crippen LogP contribution in [0.1, 0.15) is 50.8 Å². The van der Waals surface area contributed by atoms with Crippen molar-refractivity contribution in [1.29, 1.82) is 0 Å². The van der Waals surface area contributed by atoms with Gasteiger partial charge in [0.05, 0.1) is 18.1 Å². The van der Waals surface area contributed by atoms with E-state index in [-0.39, 0.29) is 0 Å². The highest BCUT2D eigenvalue weighted by Crippen LogP contribution is 2.42. The molecule has 1 saturated heterocycles. The van der Waals surface area contributed by atoms with Crippen molar-refractivity contribution in [3.05, 3.63) is 18.2 Å². The van der Waals surface area contributed by atoms with Crippen molar-refractivity contribution in [2.45, 2.75) is 57.7 Å². The number of piperidine rings is 1. The highest BCUT2D eigenvalue weighted by Gasteiger charge is 2.41. The largest absolute Gasteiger partial charge is 0.333 e. The van der Waals surface area contributed by atoms with Crippen molar-refractivity contribution in [1.82, 2.24) is 14.5 Å². The first kappa shape index (κ1) is 13.1. The molecule has 2 atom stereocenters. The molecule has 1 aliphatic carbocycles. The quantitative estimate of drug-likeness (QED) is 0.884. The Morgan fingerprint density at radius 1 is 1.37 bits per heavy atom. The van der Waals surface area contributed by atoms with E-state index in [0.717, 1.165) is 25.6 Å². The molecule has 2 aliphatic rings. The van der Waals surface area contributed by atoms with Crippen molar-refractivity contribution >= 4 is 0 Å². The molecule has 1 aromatic heterocycles. The van der Waals surface area contributed by atoms with Gasteiger partial charge in [-0.25, -0.2) is 4.98 Å². The van der Waals surface area contributed by atoms with Crippen molar-refractivity contribution in [2.75, 3.05) is 13.1 Å². The lowest BCUT2D eigenvalue weighted by Crippen LogP contribution is -2.43. The molecular weight excluding hydrogens is 236 g/mol. The molecule has 1 aliphatic heterocycles. The van der Waals surface area contributed by atoms with Crippen LogP contribution in [-0.4, -0.2) is 33.6 Å². The average molecular weight is 262 g/mol. The second-order valence-corrected chi connectivity index (χ2v) is 6.06. The fourth-order valence-corrected chi connectivity index (χ4v) is 3.58. The van der Waals surface area contributed by atoms with E-state index < -0.39 is 0 Å². The number of rotatable bonds is 5. The summed E-state index contributed by atoms with van der Waals surface area (Å²) in [5.41, 5.74) is 7.44. The van der Waals surface area contributed by atoms with Crippen molar-refractivity contribution in [2.24, 2.45) is 11.7 Å². The van der Waals surface area contributed by atoms with Crippen LogP contribution in [0.5, 0.6) is 0 Å². The minimum Gasteiger partial charge on any atom is -0.333 e. The van der Waals surface area contributed by atoms with Crippen molar-refractivity contribution in [3.63, 3.8) is 0 Å². The fourth-order valence-electron chi connectivity index (χ4n) is 3.58. The summed E-state index contributed by atoms with van der Waals surface area (Å²) in [6.07, 6.45) is 10.5. The Hall–Kier alpha value is -0.870. The number of aromatic nitrogens is 2. The van der Waals surface area contributed by atoms with Crippen LogP contribution in [0.3, 0.4) is 0 Å². The molecule has 0 bridgehead atoms. The summed E-state index contributed by atoms with van der Waals surface area (Å²) < 4.78 is 2.34. The zero-order valence-corrected chi connectivity index (χ0v) is 12.0. The van der Waals surface area contributed by atoms with E-state index in [1.54, 1.807) is 0 Å². The van der Waals surface area contributed by atoms with E-state index in [0.29, 0.717) is 12.0 Å². The summed E-state index contributed by atoms with van der Waals surface area (Å²) in [5, 5.41) is 0. The maximum absolute atomic E-state index is 6.05. The van der Waals surface area contributed by atoms with Gasteiger partial charge in [-0.3, -0.25) is 4.90 Å². The highest BCUT2D eigenvalue weighted by molar-refractivity contribution is 5.11. The molecule has 2 heterocycles. The van der Waals surface area contributed by atoms with Gasteiger partial charge >= 0.3 is 0 Å². The molecule has 3 rings (SSSR count). The molecule has 4 heteroatoms. The van der Waals surface area contributed by atoms with E-state index in [2.05, 4.69) is 27.6 Å². The summed E-state index contributed by atoms with van der Waals surface area (Å²) in [4.78, 5) is 7.11. The molecule has 106 valence electrons. The predicted molar refractivity (Wildman–Crippen MR) is 76.8 cm³/mol. The van der Waals surface area contributed by atoms with Gasteiger partial charge in [-0.05, 0) is 51.1 Å². The van der Waals surface area contributed by atoms with E-state index >= 15 is 0 Å². The standard InChI is InChI=1S/C15H26N4/c1-2-7-18-11-17-10-14(18)15-12(9-16)4-3-8-19(15)13-5-6-13/h10-13,15H,2-9,16H2,1H3. The zero-order valence-electron chi connectivity index (χ0n) is 12.0. The summed E-state index contributed by atoms with van der Waals surface area (Å²) in [6, 6.07) is 1.31. The topological polar surface area (TPSA) is 47.1 Å². The second kappa shape index (κ2) is 5.63. The zero-order chi connectivity index (χ0) is 13.2. The Morgan fingerprint density at radius 2 is 2.21 bits per heavy atom. The number of hydrogen-bond acceptors (Lipinski definition) is 3. The Balaban J connectivity index is 1.89. The van der Waals surface area contributed by atoms with Crippen LogP contribution in [0.4, 0.5) is 0 Å². The van der Waals surface area contributed by atoms with Crippen LogP contribution >= 0.6 is 0 Å². The molecule has 2 N–H and O–H groups in total. The summed E-state index contributed by atoms with van der Waals surface area (Å²) in [7, 11) is 0. The molecule has 0 aromatic carbocycles. The predicted octanol–water partition coefficient (Wildman–Crippen LogP) is 2.17. The lowest BCUT2D eigenvalue weighted by molar-refractivity contribution is 0.0822. The van der Waals surface area contributed by atoms with Crippen LogP contribution in [0.25, 0.3) is 0 Å². The van der Waals surface area contributed by atoms with Crippen LogP contribution in [-0.2, 0) is 6.54 Å². The van der Waals surface area contributed by atoms with Crippen LogP contribution < -0.4 is 5.73 Å². The Kier molecular flexibility index (Phi) is 3.89. The Morgan fingerprint density at radius 3 is 2.89 bits per heavy atom. The SMILES string of the molecule is CCCn1cncc1C1C(CN)CCCN1C1CC1. The summed E-state index contributed by atoms with van der Waals surface area (Å²) in [5.74, 6) is 0.599. The lowest BCUT2D eigenvalue weighted by Gasteiger charge is -2.41. The number of imidazole rings is 1. The first-order chi connectivity index (χ1) is 9.35. The van der Waals surface area contributed by atoms with Crippen LogP contribution in [0.2, 0.25) is 0 Å². The average Bonchev–Trinajstić information content (AvgIpc) is 3.19. The molecule has 19 heavy (non-hydrogen) atoms. The van der Waals surface area contributed by atoms with E-state index in [1.165, 1.54) is 37.9 Å². The third kappa shape index (κ3) is 2.56. The summed E-state index contributed by atoms with van der Waals surface area (Å²) >= 11 is 0. The van der Waals surface area contributed by atoms with Gasteiger partial charge in [0.2, 0.25) is 0 Å². The smallest absolute Gasteiger partial charge is 0.0948 e. The molecule has 0 amide bonds. The Labute approximate surface area is 116 Å². The van der Waals surface area contributed by atoms with Gasteiger partial charge < -0.3 is 10.3 Å². The molecule has 0 spiro atoms. The van der Waals surface area contributed by atoms with E-state index in [1.807, 2.05) is 6.33 Å². The van der Waals surface area contributed by atoms with Gasteiger partial charge in [-0.2, -0.15) is 0 Å². The monoisotopic (exact) mass is 262 g/mol. The Bertz CT molecular complexity index is 410. The van der Waals surface area contributed by atoms with Gasteiger partial charge in [0.1, 0.15) is 0 Å². The fraction of sp³-hybridized carbons (Fsp3) is 0.800. The van der Waals surface area contributed by atoms with Gasteiger partial charge in [0.15, 0.2) is 0 Å². The number of nitrogens with two attached hydrogens (primary N) is 1. The second-order valence-electron chi connectivity index (χ2n) is 6.06. The minimum absolute atomic E-state index is 0.500. The first-order valence-electron chi connectivity index (χ1n) is 7.81. The van der Waals surface area contributed by atoms with Crippen LogP contribution in [0, 0.1) is 5.92 Å². The third-order valence-corrected chi connectivity index (χ3v) is 4.63. The number of hydrogen-bond donors (Lipinski definition) is 1. The minimum atomic E-state index is 0.500. The first-order valence-corrected chi connectivity index (χ1v) is 7.81. The molecular formula is C15H26N4. The van der Waals surface area contributed by atoms with E-state index in [9.17, 15) is 0 Å². The maximum Gasteiger partial charge on any atom is 0.0948 e. The van der Waals surface area contributed by atoms with Crippen molar-refractivity contribution in [3.8, 4) is 0 Å². The number of nitrogens with zero attached hydrogens (tertiary/aromatic N) is 3. The molecule has 1 aromatic rings. The number of likely N-dealkylation sites (tertiary alicyclic amines) is 1. The molecule has 0 radical (unpaired) electrons. The highest BCUT2D eigenvalue weighted by atomic mass is 15.2. The van der Waals surface area contributed by atoms with Gasteiger partial charge in [-0.1, -0.05) is 6.92 Å². The maximum atomic E-state index is 6.05. The van der Waals surface area contributed by atoms with Crippen molar-refractivity contribution < 1.29 is 0 Å². The number of aryl methyl sites for hydroxylation is 1. The van der Waals surface area contributed by atoms with Gasteiger partial charge in [0, 0.05) is 18.8 Å². The summed E-state index contributed by atoms with van der Waals surface area (Å²) in [6.45, 7) is 5.33. The lowest BCUT2D eigenvalue weighted by atomic mass is 9.87. The molecule has 4 nitrogen and oxygen atoms in total. The molecule has 2 unspecified atom stereocenters. The molecule has 2 fully saturated rings. The van der Waals surface area contributed by atoms with E-state index in [4.69, 9.17) is 5.73 Å². The van der Waals surface area contributed by atoms with Crippen LogP contribution in [0.15, 0.2) is 12.5 Å². The van der Waals surface area contributed by atoms with Gasteiger partial charge in [-0.15, -0.1) is 0 Å². The third-order valence-electron chi connectivity index (χ3n) is 4.63. The molecule has 1 saturated carbocycles.